The predicted molar refractivity (Wildman–Crippen MR) is 83.1 cm³/mol. The van der Waals surface area contributed by atoms with Crippen LogP contribution < -0.4 is 4.74 Å². The van der Waals surface area contributed by atoms with E-state index in [4.69, 9.17) is 16.4 Å². The largest absolute Gasteiger partial charge is 0.481 e. The third-order valence-electron chi connectivity index (χ3n) is 3.55. The van der Waals surface area contributed by atoms with Gasteiger partial charge in [-0.15, -0.1) is 6.42 Å². The minimum Gasteiger partial charge on any atom is -0.481 e. The van der Waals surface area contributed by atoms with Crippen molar-refractivity contribution in [3.8, 4) is 29.2 Å². The van der Waals surface area contributed by atoms with E-state index in [9.17, 15) is 0 Å². The Hall–Kier alpha value is -2.28. The van der Waals surface area contributed by atoms with Crippen LogP contribution in [0.5, 0.6) is 5.75 Å². The molecular weight excluding hydrogens is 264 g/mol. The molecule has 21 heavy (non-hydrogen) atoms. The fraction of sp³-hybridized carbons (Fsp3) is 0.222. The zero-order valence-corrected chi connectivity index (χ0v) is 12.2. The lowest BCUT2D eigenvalue weighted by molar-refractivity contribution is -0.253. The second-order valence-corrected chi connectivity index (χ2v) is 4.78. The summed E-state index contributed by atoms with van der Waals surface area (Å²) in [6.45, 7) is 4.45. The molecule has 0 aromatic heterocycles. The van der Waals surface area contributed by atoms with Gasteiger partial charge in [-0.2, -0.15) is 0 Å². The van der Waals surface area contributed by atoms with Crippen molar-refractivity contribution in [2.75, 3.05) is 6.61 Å². The van der Waals surface area contributed by atoms with Gasteiger partial charge in [-0.1, -0.05) is 36.3 Å². The molecule has 2 aromatic rings. The fourth-order valence-electron chi connectivity index (χ4n) is 2.38. The van der Waals surface area contributed by atoms with Crippen LogP contribution >= 0.6 is 0 Å². The molecule has 1 N–H and O–H groups in total. The van der Waals surface area contributed by atoms with Gasteiger partial charge in [0.2, 0.25) is 0 Å². The molecule has 0 bridgehead atoms. The molecule has 0 aliphatic rings. The van der Waals surface area contributed by atoms with Crippen molar-refractivity contribution in [3.05, 3.63) is 53.1 Å². The second-order valence-electron chi connectivity index (χ2n) is 4.78. The molecule has 0 fully saturated rings. The Balaban J connectivity index is 2.47. The molecule has 0 radical (unpaired) electrons. The van der Waals surface area contributed by atoms with Gasteiger partial charge in [-0.05, 0) is 47.7 Å². The van der Waals surface area contributed by atoms with Gasteiger partial charge < -0.3 is 4.74 Å². The summed E-state index contributed by atoms with van der Waals surface area (Å²) in [6, 6.07) is 11.8. The maximum Gasteiger partial charge on any atom is 0.148 e. The third-order valence-corrected chi connectivity index (χ3v) is 3.55. The van der Waals surface area contributed by atoms with Gasteiger partial charge in [0.05, 0.1) is 0 Å². The van der Waals surface area contributed by atoms with Gasteiger partial charge >= 0.3 is 0 Å². The van der Waals surface area contributed by atoms with E-state index in [1.54, 1.807) is 0 Å². The summed E-state index contributed by atoms with van der Waals surface area (Å²) in [6.07, 6.45) is 5.24. The van der Waals surface area contributed by atoms with E-state index in [0.29, 0.717) is 0 Å². The summed E-state index contributed by atoms with van der Waals surface area (Å²) in [7, 11) is 0. The first-order valence-corrected chi connectivity index (χ1v) is 6.70. The van der Waals surface area contributed by atoms with Gasteiger partial charge in [0.1, 0.15) is 19.0 Å². The first-order chi connectivity index (χ1) is 10.2. The molecule has 3 heteroatoms. The Bertz CT molecular complexity index is 669. The molecule has 0 saturated heterocycles. The van der Waals surface area contributed by atoms with Crippen LogP contribution in [0.1, 0.15) is 16.7 Å². The molecule has 0 amide bonds. The van der Waals surface area contributed by atoms with Crippen LogP contribution in [0.2, 0.25) is 0 Å². The van der Waals surface area contributed by atoms with E-state index >= 15 is 0 Å². The smallest absolute Gasteiger partial charge is 0.148 e. The highest BCUT2D eigenvalue weighted by Crippen LogP contribution is 2.33. The molecule has 2 aromatic carbocycles. The molecular formula is C18H18O3. The summed E-state index contributed by atoms with van der Waals surface area (Å²) in [4.78, 5) is 4.26. The van der Waals surface area contributed by atoms with Gasteiger partial charge in [-0.3, -0.25) is 5.26 Å². The highest BCUT2D eigenvalue weighted by Gasteiger charge is 2.11. The third kappa shape index (κ3) is 3.25. The Morgan fingerprint density at radius 3 is 2.38 bits per heavy atom. The molecule has 2 rings (SSSR count). The first-order valence-electron chi connectivity index (χ1n) is 6.70. The van der Waals surface area contributed by atoms with Crippen LogP contribution in [0.3, 0.4) is 0 Å². The van der Waals surface area contributed by atoms with Crippen molar-refractivity contribution < 1.29 is 14.9 Å². The van der Waals surface area contributed by atoms with Crippen LogP contribution in [-0.2, 0) is 11.5 Å². The quantitative estimate of drug-likeness (QED) is 0.512. The molecule has 0 heterocycles. The average Bonchev–Trinajstić information content (AvgIpc) is 2.49. The summed E-state index contributed by atoms with van der Waals surface area (Å²) in [5, 5.41) is 8.66. The van der Waals surface area contributed by atoms with E-state index in [-0.39, 0.29) is 13.2 Å². The van der Waals surface area contributed by atoms with Crippen LogP contribution in [-0.4, -0.2) is 11.9 Å². The van der Waals surface area contributed by atoms with E-state index in [0.717, 1.165) is 33.6 Å². The summed E-state index contributed by atoms with van der Waals surface area (Å²) >= 11 is 0. The molecule has 3 nitrogen and oxygen atoms in total. The lowest BCUT2D eigenvalue weighted by atomic mass is 9.93. The van der Waals surface area contributed by atoms with Crippen LogP contribution in [0.15, 0.2) is 36.4 Å². The highest BCUT2D eigenvalue weighted by molar-refractivity contribution is 5.73. The van der Waals surface area contributed by atoms with Crippen molar-refractivity contribution in [2.45, 2.75) is 20.5 Å². The first kappa shape index (κ1) is 15.1. The monoisotopic (exact) mass is 282 g/mol. The summed E-state index contributed by atoms with van der Waals surface area (Å²) in [5.41, 5.74) is 5.24. The van der Waals surface area contributed by atoms with Crippen LogP contribution in [0.4, 0.5) is 0 Å². The lowest BCUT2D eigenvalue weighted by Crippen LogP contribution is -1.99. The topological polar surface area (TPSA) is 38.7 Å². The molecule has 0 aliphatic heterocycles. The van der Waals surface area contributed by atoms with Crippen molar-refractivity contribution >= 4 is 0 Å². The second kappa shape index (κ2) is 6.94. The van der Waals surface area contributed by atoms with Crippen molar-refractivity contribution in [1.29, 1.82) is 0 Å². The van der Waals surface area contributed by atoms with Crippen LogP contribution in [0.25, 0.3) is 11.1 Å². The Morgan fingerprint density at radius 1 is 1.05 bits per heavy atom. The van der Waals surface area contributed by atoms with Crippen molar-refractivity contribution in [2.24, 2.45) is 0 Å². The van der Waals surface area contributed by atoms with Crippen molar-refractivity contribution in [3.63, 3.8) is 0 Å². The molecule has 0 spiro atoms. The van der Waals surface area contributed by atoms with E-state index in [1.807, 2.05) is 50.2 Å². The summed E-state index contributed by atoms with van der Waals surface area (Å²) < 4.78 is 5.56. The van der Waals surface area contributed by atoms with Gasteiger partial charge in [0.25, 0.3) is 0 Å². The number of ether oxygens (including phenoxy) is 1. The Morgan fingerprint density at radius 2 is 1.71 bits per heavy atom. The maximum absolute atomic E-state index is 8.66. The minimum absolute atomic E-state index is 0.173. The highest BCUT2D eigenvalue weighted by atomic mass is 17.1. The zero-order chi connectivity index (χ0) is 15.2. The average molecular weight is 282 g/mol. The van der Waals surface area contributed by atoms with E-state index in [1.165, 1.54) is 0 Å². The fourth-order valence-corrected chi connectivity index (χ4v) is 2.38. The Kier molecular flexibility index (Phi) is 4.99. The standard InChI is InChI=1S/C18H18O3/c1-4-11-20-18-10-6-9-17(14(18)3)16-8-5-7-15(12-21-19)13(16)2/h1,5-10,19H,11-12H2,2-3H3. The number of benzene rings is 2. The maximum atomic E-state index is 8.66. The number of rotatable bonds is 5. The number of terminal acetylenes is 1. The van der Waals surface area contributed by atoms with E-state index in [2.05, 4.69) is 10.8 Å². The SMILES string of the molecule is C#CCOc1cccc(-c2cccc(COO)c2C)c1C. The van der Waals surface area contributed by atoms with Crippen LogP contribution in [0, 0.1) is 26.2 Å². The molecule has 0 atom stereocenters. The zero-order valence-electron chi connectivity index (χ0n) is 12.2. The van der Waals surface area contributed by atoms with E-state index < -0.39 is 0 Å². The predicted octanol–water partition coefficient (Wildman–Crippen LogP) is 3.97. The Labute approximate surface area is 125 Å². The molecule has 0 saturated carbocycles. The van der Waals surface area contributed by atoms with Gasteiger partial charge in [0, 0.05) is 0 Å². The van der Waals surface area contributed by atoms with Gasteiger partial charge in [0.15, 0.2) is 0 Å². The molecule has 108 valence electrons. The molecule has 0 aliphatic carbocycles. The van der Waals surface area contributed by atoms with Gasteiger partial charge in [-0.25, -0.2) is 4.89 Å². The number of hydrogen-bond acceptors (Lipinski definition) is 3. The van der Waals surface area contributed by atoms with Crippen molar-refractivity contribution in [1.82, 2.24) is 0 Å². The lowest BCUT2D eigenvalue weighted by Gasteiger charge is -2.15. The minimum atomic E-state index is 0.173. The summed E-state index contributed by atoms with van der Waals surface area (Å²) in [5.74, 6) is 3.26. The number of hydrogen-bond donors (Lipinski definition) is 1. The molecule has 0 unspecified atom stereocenters. The normalized spacial score (nSPS) is 10.2.